The Morgan fingerprint density at radius 3 is 2.66 bits per heavy atom. The summed E-state index contributed by atoms with van der Waals surface area (Å²) in [7, 11) is 1.64. The lowest BCUT2D eigenvalue weighted by atomic mass is 10.1. The highest BCUT2D eigenvalue weighted by Gasteiger charge is 2.19. The van der Waals surface area contributed by atoms with Crippen LogP contribution in [0.2, 0.25) is 0 Å². The summed E-state index contributed by atoms with van der Waals surface area (Å²) in [5.74, 6) is 0.554. The van der Waals surface area contributed by atoms with Crippen LogP contribution in [0.15, 0.2) is 61.6 Å². The van der Waals surface area contributed by atoms with Crippen LogP contribution in [0, 0.1) is 0 Å². The molecule has 0 spiro atoms. The van der Waals surface area contributed by atoms with Gasteiger partial charge in [0.25, 0.3) is 0 Å². The molecular formula is C24H29N9O2. The van der Waals surface area contributed by atoms with Gasteiger partial charge in [0.1, 0.15) is 25.0 Å². The highest BCUT2D eigenvalue weighted by molar-refractivity contribution is 5.76. The van der Waals surface area contributed by atoms with Gasteiger partial charge in [0.2, 0.25) is 11.8 Å². The van der Waals surface area contributed by atoms with E-state index >= 15 is 0 Å². The van der Waals surface area contributed by atoms with E-state index in [4.69, 9.17) is 0 Å². The molecule has 35 heavy (non-hydrogen) atoms. The van der Waals surface area contributed by atoms with Gasteiger partial charge in [-0.05, 0) is 36.6 Å². The van der Waals surface area contributed by atoms with Crippen molar-refractivity contribution in [2.24, 2.45) is 0 Å². The number of hydrogen-bond acceptors (Lipinski definition) is 6. The summed E-state index contributed by atoms with van der Waals surface area (Å²) >= 11 is 0. The summed E-state index contributed by atoms with van der Waals surface area (Å²) < 4.78 is 3.28. The van der Waals surface area contributed by atoms with Gasteiger partial charge in [-0.2, -0.15) is 10.2 Å². The lowest BCUT2D eigenvalue weighted by Crippen LogP contribution is -2.32. The molecule has 4 rings (SSSR count). The maximum Gasteiger partial charge on any atom is 0.242 e. The molecule has 1 unspecified atom stereocenters. The summed E-state index contributed by atoms with van der Waals surface area (Å²) in [5.41, 5.74) is 2.81. The summed E-state index contributed by atoms with van der Waals surface area (Å²) in [6.07, 6.45) is 12.0. The largest absolute Gasteiger partial charge is 0.359 e. The fraction of sp³-hybridized carbons (Fsp3) is 0.333. The smallest absolute Gasteiger partial charge is 0.242 e. The standard InChI is InChI=1S/C24H29N9O2/c1-25-22(34)7-4-2-3-6-20(30-23(35)15-32-17-26-16-29-32)24-27-14-21(31-24)18-8-10-19(11-9-18)33-13-5-12-28-33/h5,8-14,16-17,20H,2-4,6-7,15H2,1H3,(H,25,34)(H,27,31)(H,30,35). The molecule has 0 fully saturated rings. The number of benzene rings is 1. The van der Waals surface area contributed by atoms with E-state index in [1.165, 1.54) is 17.3 Å². The van der Waals surface area contributed by atoms with Gasteiger partial charge >= 0.3 is 0 Å². The van der Waals surface area contributed by atoms with Crippen LogP contribution in [0.25, 0.3) is 16.9 Å². The van der Waals surface area contributed by atoms with Gasteiger partial charge in [0.05, 0.1) is 23.6 Å². The molecule has 3 N–H and O–H groups in total. The Hall–Kier alpha value is -4.28. The first-order valence-corrected chi connectivity index (χ1v) is 11.6. The number of H-pyrrole nitrogens is 1. The van der Waals surface area contributed by atoms with Gasteiger partial charge in [-0.25, -0.2) is 19.3 Å². The van der Waals surface area contributed by atoms with Crippen LogP contribution in [0.4, 0.5) is 0 Å². The molecule has 0 saturated carbocycles. The number of nitrogens with one attached hydrogen (secondary N) is 3. The molecule has 1 atom stereocenters. The monoisotopic (exact) mass is 475 g/mol. The van der Waals surface area contributed by atoms with E-state index in [1.807, 2.05) is 36.5 Å². The first-order chi connectivity index (χ1) is 17.1. The molecule has 0 aliphatic carbocycles. The van der Waals surface area contributed by atoms with Crippen LogP contribution >= 0.6 is 0 Å². The number of nitrogens with zero attached hydrogens (tertiary/aromatic N) is 6. The molecule has 0 radical (unpaired) electrons. The molecule has 0 aliphatic rings. The van der Waals surface area contributed by atoms with Crippen molar-refractivity contribution in [3.8, 4) is 16.9 Å². The van der Waals surface area contributed by atoms with E-state index in [0.29, 0.717) is 18.7 Å². The van der Waals surface area contributed by atoms with E-state index in [-0.39, 0.29) is 24.4 Å². The maximum atomic E-state index is 12.6. The first-order valence-electron chi connectivity index (χ1n) is 11.6. The topological polar surface area (TPSA) is 135 Å². The quantitative estimate of drug-likeness (QED) is 0.269. The molecule has 0 bridgehead atoms. The number of unbranched alkanes of at least 4 members (excludes halogenated alkanes) is 2. The molecule has 3 heterocycles. The molecule has 182 valence electrons. The minimum atomic E-state index is -0.289. The fourth-order valence-corrected chi connectivity index (χ4v) is 3.79. The van der Waals surface area contributed by atoms with Crippen molar-refractivity contribution in [2.45, 2.75) is 44.7 Å². The molecule has 11 heteroatoms. The van der Waals surface area contributed by atoms with Crippen molar-refractivity contribution in [1.82, 2.24) is 45.1 Å². The Labute approximate surface area is 203 Å². The van der Waals surface area contributed by atoms with Crippen molar-refractivity contribution in [2.75, 3.05) is 7.05 Å². The van der Waals surface area contributed by atoms with Gasteiger partial charge in [0.15, 0.2) is 0 Å². The number of carbonyl (C=O) groups is 2. The van der Waals surface area contributed by atoms with Gasteiger partial charge in [0, 0.05) is 25.9 Å². The lowest BCUT2D eigenvalue weighted by molar-refractivity contribution is -0.123. The first kappa shape index (κ1) is 23.9. The molecule has 0 saturated heterocycles. The van der Waals surface area contributed by atoms with Gasteiger partial charge < -0.3 is 15.6 Å². The Bertz CT molecular complexity index is 1200. The van der Waals surface area contributed by atoms with E-state index in [2.05, 4.69) is 35.8 Å². The number of imidazole rings is 1. The van der Waals surface area contributed by atoms with Crippen molar-refractivity contribution < 1.29 is 9.59 Å². The second kappa shape index (κ2) is 11.7. The van der Waals surface area contributed by atoms with Crippen molar-refractivity contribution >= 4 is 11.8 Å². The number of aromatic amines is 1. The molecule has 3 aromatic heterocycles. The fourth-order valence-electron chi connectivity index (χ4n) is 3.79. The minimum Gasteiger partial charge on any atom is -0.359 e. The normalized spacial score (nSPS) is 11.8. The molecule has 11 nitrogen and oxygen atoms in total. The summed E-state index contributed by atoms with van der Waals surface area (Å²) in [5, 5.41) is 13.9. The second-order valence-corrected chi connectivity index (χ2v) is 8.17. The van der Waals surface area contributed by atoms with E-state index in [0.717, 1.165) is 36.2 Å². The number of rotatable bonds is 12. The van der Waals surface area contributed by atoms with Crippen molar-refractivity contribution in [3.05, 3.63) is 67.4 Å². The summed E-state index contributed by atoms with van der Waals surface area (Å²) in [6.45, 7) is 0.0790. The van der Waals surface area contributed by atoms with Crippen LogP contribution in [-0.4, -0.2) is 53.4 Å². The molecule has 0 aliphatic heterocycles. The lowest BCUT2D eigenvalue weighted by Gasteiger charge is -2.17. The Morgan fingerprint density at radius 1 is 1.09 bits per heavy atom. The zero-order chi connectivity index (χ0) is 24.5. The van der Waals surface area contributed by atoms with Gasteiger partial charge in [-0.3, -0.25) is 9.59 Å². The van der Waals surface area contributed by atoms with Crippen molar-refractivity contribution in [3.63, 3.8) is 0 Å². The van der Waals surface area contributed by atoms with E-state index < -0.39 is 0 Å². The van der Waals surface area contributed by atoms with Gasteiger partial charge in [-0.1, -0.05) is 25.0 Å². The third kappa shape index (κ3) is 6.62. The molecular weight excluding hydrogens is 446 g/mol. The molecule has 1 aromatic carbocycles. The van der Waals surface area contributed by atoms with Crippen LogP contribution < -0.4 is 10.6 Å². The number of hydrogen-bond donors (Lipinski definition) is 3. The number of amides is 2. The van der Waals surface area contributed by atoms with Crippen LogP contribution in [-0.2, 0) is 16.1 Å². The predicted molar refractivity (Wildman–Crippen MR) is 129 cm³/mol. The van der Waals surface area contributed by atoms with Crippen LogP contribution in [0.5, 0.6) is 0 Å². The maximum absolute atomic E-state index is 12.6. The summed E-state index contributed by atoms with van der Waals surface area (Å²) in [6, 6.07) is 9.59. The highest BCUT2D eigenvalue weighted by atomic mass is 16.2. The molecule has 4 aromatic rings. The van der Waals surface area contributed by atoms with Gasteiger partial charge in [-0.15, -0.1) is 0 Å². The van der Waals surface area contributed by atoms with Crippen molar-refractivity contribution in [1.29, 1.82) is 0 Å². The SMILES string of the molecule is CNC(=O)CCCCCC(NC(=O)Cn1cncn1)c1ncc(-c2ccc(-n3cccn3)cc2)[nH]1. The van der Waals surface area contributed by atoms with E-state index in [9.17, 15) is 9.59 Å². The van der Waals surface area contributed by atoms with Crippen LogP contribution in [0.3, 0.4) is 0 Å². The zero-order valence-electron chi connectivity index (χ0n) is 19.6. The third-order valence-electron chi connectivity index (χ3n) is 5.66. The average molecular weight is 476 g/mol. The Balaban J connectivity index is 1.42. The number of aromatic nitrogens is 7. The minimum absolute atomic E-state index is 0.0388. The second-order valence-electron chi connectivity index (χ2n) is 8.17. The third-order valence-corrected chi connectivity index (χ3v) is 5.66. The zero-order valence-corrected chi connectivity index (χ0v) is 19.6. The molecule has 2 amide bonds. The summed E-state index contributed by atoms with van der Waals surface area (Å²) in [4.78, 5) is 35.9. The highest BCUT2D eigenvalue weighted by Crippen LogP contribution is 2.23. The Kier molecular flexibility index (Phi) is 8.00. The van der Waals surface area contributed by atoms with Crippen LogP contribution in [0.1, 0.15) is 44.0 Å². The number of carbonyl (C=O) groups excluding carboxylic acids is 2. The Morgan fingerprint density at radius 2 is 1.94 bits per heavy atom. The average Bonchev–Trinajstić information content (AvgIpc) is 3.66. The predicted octanol–water partition coefficient (Wildman–Crippen LogP) is 2.41. The van der Waals surface area contributed by atoms with E-state index in [1.54, 1.807) is 24.1 Å².